The van der Waals surface area contributed by atoms with E-state index in [0.717, 1.165) is 18.2 Å². The zero-order valence-corrected chi connectivity index (χ0v) is 13.6. The minimum absolute atomic E-state index is 0.0000395. The van der Waals surface area contributed by atoms with Gasteiger partial charge >= 0.3 is 0 Å². The summed E-state index contributed by atoms with van der Waals surface area (Å²) < 4.78 is 50.8. The number of nitrogens with two attached hydrogens (primary N) is 1. The van der Waals surface area contributed by atoms with E-state index in [1.165, 1.54) is 10.6 Å². The van der Waals surface area contributed by atoms with Crippen molar-refractivity contribution in [3.63, 3.8) is 0 Å². The molecule has 1 heterocycles. The van der Waals surface area contributed by atoms with Crippen LogP contribution in [-0.4, -0.2) is 44.6 Å². The molecular formula is C14H20F2N4O2S. The molecule has 6 nitrogen and oxygen atoms in total. The van der Waals surface area contributed by atoms with E-state index in [-0.39, 0.29) is 17.6 Å². The average Bonchev–Trinajstić information content (AvgIpc) is 2.48. The van der Waals surface area contributed by atoms with Crippen LogP contribution in [0.25, 0.3) is 0 Å². The van der Waals surface area contributed by atoms with Gasteiger partial charge < -0.3 is 11.1 Å². The molecule has 0 aromatic heterocycles. The molecule has 0 bridgehead atoms. The lowest BCUT2D eigenvalue weighted by Crippen LogP contribution is -2.38. The number of anilines is 1. The van der Waals surface area contributed by atoms with Crippen molar-refractivity contribution in [1.82, 2.24) is 4.31 Å². The standard InChI is InChI=1S/C14H20F2N4O2S/c1-23(21,22)20-6-4-10(5-7-20)9-18-14(17)19-13-8-11(15)2-3-12(13)16/h2-3,8,10H,4-7,9H2,1H3,(H3,17,18,19). The van der Waals surface area contributed by atoms with Crippen LogP contribution in [0.1, 0.15) is 12.8 Å². The molecule has 0 spiro atoms. The molecule has 0 saturated carbocycles. The summed E-state index contributed by atoms with van der Waals surface area (Å²) in [5, 5.41) is 2.53. The quantitative estimate of drug-likeness (QED) is 0.637. The first-order valence-electron chi connectivity index (χ1n) is 7.23. The van der Waals surface area contributed by atoms with Crippen LogP contribution >= 0.6 is 0 Å². The van der Waals surface area contributed by atoms with E-state index in [4.69, 9.17) is 5.73 Å². The molecule has 1 aromatic carbocycles. The van der Waals surface area contributed by atoms with Crippen LogP contribution in [0.15, 0.2) is 23.2 Å². The Hall–Kier alpha value is -1.74. The van der Waals surface area contributed by atoms with Gasteiger partial charge in [0.1, 0.15) is 11.6 Å². The van der Waals surface area contributed by atoms with Crippen LogP contribution in [-0.2, 0) is 10.0 Å². The van der Waals surface area contributed by atoms with Crippen molar-refractivity contribution >= 4 is 21.7 Å². The molecule has 9 heteroatoms. The topological polar surface area (TPSA) is 87.8 Å². The number of nitrogens with zero attached hydrogens (tertiary/aromatic N) is 2. The number of hydrogen-bond donors (Lipinski definition) is 2. The van der Waals surface area contributed by atoms with Gasteiger partial charge in [-0.15, -0.1) is 0 Å². The number of nitrogens with one attached hydrogen (secondary N) is 1. The van der Waals surface area contributed by atoms with Crippen LogP contribution in [0.2, 0.25) is 0 Å². The number of guanidine groups is 1. The predicted octanol–water partition coefficient (Wildman–Crippen LogP) is 1.36. The third-order valence-electron chi connectivity index (χ3n) is 3.75. The van der Waals surface area contributed by atoms with Gasteiger partial charge in [-0.1, -0.05) is 0 Å². The third kappa shape index (κ3) is 5.14. The van der Waals surface area contributed by atoms with Crippen molar-refractivity contribution in [1.29, 1.82) is 0 Å². The maximum Gasteiger partial charge on any atom is 0.211 e. The molecule has 3 N–H and O–H groups in total. The van der Waals surface area contributed by atoms with Crippen molar-refractivity contribution in [2.45, 2.75) is 12.8 Å². The van der Waals surface area contributed by atoms with E-state index in [1.807, 2.05) is 0 Å². The number of aliphatic imine (C=N–C) groups is 1. The molecule has 0 atom stereocenters. The van der Waals surface area contributed by atoms with Gasteiger partial charge in [0.2, 0.25) is 10.0 Å². The molecule has 23 heavy (non-hydrogen) atoms. The molecule has 0 unspecified atom stereocenters. The summed E-state index contributed by atoms with van der Waals surface area (Å²) in [6.07, 6.45) is 2.58. The summed E-state index contributed by atoms with van der Waals surface area (Å²) >= 11 is 0. The maximum atomic E-state index is 13.5. The van der Waals surface area contributed by atoms with E-state index in [1.54, 1.807) is 0 Å². The Morgan fingerprint density at radius 3 is 2.65 bits per heavy atom. The van der Waals surface area contributed by atoms with E-state index in [9.17, 15) is 17.2 Å². The Labute approximate surface area is 134 Å². The fourth-order valence-corrected chi connectivity index (χ4v) is 3.30. The van der Waals surface area contributed by atoms with E-state index in [2.05, 4.69) is 10.3 Å². The summed E-state index contributed by atoms with van der Waals surface area (Å²) in [7, 11) is -3.15. The van der Waals surface area contributed by atoms with Crippen molar-refractivity contribution in [2.75, 3.05) is 31.2 Å². The summed E-state index contributed by atoms with van der Waals surface area (Å²) in [6.45, 7) is 1.34. The minimum Gasteiger partial charge on any atom is -0.370 e. The highest BCUT2D eigenvalue weighted by Crippen LogP contribution is 2.19. The minimum atomic E-state index is -3.15. The number of rotatable bonds is 4. The molecule has 0 aliphatic carbocycles. The van der Waals surface area contributed by atoms with Crippen LogP contribution < -0.4 is 11.1 Å². The molecule has 1 fully saturated rings. The van der Waals surface area contributed by atoms with Crippen molar-refractivity contribution in [3.8, 4) is 0 Å². The third-order valence-corrected chi connectivity index (χ3v) is 5.06. The van der Waals surface area contributed by atoms with Gasteiger partial charge in [0.25, 0.3) is 0 Å². The first-order chi connectivity index (χ1) is 10.8. The van der Waals surface area contributed by atoms with Gasteiger partial charge in [-0.3, -0.25) is 4.99 Å². The number of halogens is 2. The number of benzene rings is 1. The molecule has 0 amide bonds. The van der Waals surface area contributed by atoms with Gasteiger partial charge in [0.15, 0.2) is 5.96 Å². The monoisotopic (exact) mass is 346 g/mol. The first kappa shape index (κ1) is 17.6. The van der Waals surface area contributed by atoms with Crippen LogP contribution in [0.3, 0.4) is 0 Å². The highest BCUT2D eigenvalue weighted by atomic mass is 32.2. The molecule has 2 rings (SSSR count). The second-order valence-electron chi connectivity index (χ2n) is 5.58. The Kier molecular flexibility index (Phi) is 5.53. The first-order valence-corrected chi connectivity index (χ1v) is 9.07. The van der Waals surface area contributed by atoms with Crippen molar-refractivity contribution < 1.29 is 17.2 Å². The van der Waals surface area contributed by atoms with Gasteiger partial charge in [0.05, 0.1) is 11.9 Å². The molecule has 128 valence electrons. The Balaban J connectivity index is 1.87. The highest BCUT2D eigenvalue weighted by molar-refractivity contribution is 7.88. The molecule has 0 radical (unpaired) electrons. The second kappa shape index (κ2) is 7.22. The van der Waals surface area contributed by atoms with Crippen molar-refractivity contribution in [3.05, 3.63) is 29.8 Å². The predicted molar refractivity (Wildman–Crippen MR) is 85.6 cm³/mol. The van der Waals surface area contributed by atoms with Crippen molar-refractivity contribution in [2.24, 2.45) is 16.6 Å². The molecular weight excluding hydrogens is 326 g/mol. The van der Waals surface area contributed by atoms with Gasteiger partial charge in [-0.25, -0.2) is 21.5 Å². The Bertz CT molecular complexity index is 686. The lowest BCUT2D eigenvalue weighted by molar-refractivity contribution is 0.280. The van der Waals surface area contributed by atoms with Crippen LogP contribution in [0, 0.1) is 17.6 Å². The van der Waals surface area contributed by atoms with E-state index >= 15 is 0 Å². The fourth-order valence-electron chi connectivity index (χ4n) is 2.42. The fraction of sp³-hybridized carbons (Fsp3) is 0.500. The lowest BCUT2D eigenvalue weighted by atomic mass is 9.98. The van der Waals surface area contributed by atoms with Gasteiger partial charge in [-0.05, 0) is 30.9 Å². The van der Waals surface area contributed by atoms with E-state index < -0.39 is 21.7 Å². The summed E-state index contributed by atoms with van der Waals surface area (Å²) in [5.74, 6) is -0.980. The zero-order valence-electron chi connectivity index (χ0n) is 12.8. The number of sulfonamides is 1. The second-order valence-corrected chi connectivity index (χ2v) is 7.56. The Morgan fingerprint density at radius 1 is 1.39 bits per heavy atom. The van der Waals surface area contributed by atoms with Gasteiger partial charge in [-0.2, -0.15) is 0 Å². The number of piperidine rings is 1. The molecule has 1 aliphatic rings. The van der Waals surface area contributed by atoms with Gasteiger partial charge in [0, 0.05) is 25.7 Å². The largest absolute Gasteiger partial charge is 0.370 e. The average molecular weight is 346 g/mol. The molecule has 1 saturated heterocycles. The normalized spacial score (nSPS) is 18.1. The summed E-state index contributed by atoms with van der Waals surface area (Å²) in [4.78, 5) is 4.13. The Morgan fingerprint density at radius 2 is 2.04 bits per heavy atom. The zero-order chi connectivity index (χ0) is 17.0. The summed E-state index contributed by atoms with van der Waals surface area (Å²) in [6, 6.07) is 3.03. The lowest BCUT2D eigenvalue weighted by Gasteiger charge is -2.29. The summed E-state index contributed by atoms with van der Waals surface area (Å²) in [5.41, 5.74) is 5.61. The molecule has 1 aliphatic heterocycles. The number of hydrogen-bond acceptors (Lipinski definition) is 3. The smallest absolute Gasteiger partial charge is 0.211 e. The highest BCUT2D eigenvalue weighted by Gasteiger charge is 2.24. The SMILES string of the molecule is CS(=O)(=O)N1CCC(CN=C(N)Nc2cc(F)ccc2F)CC1. The van der Waals surface area contributed by atoms with E-state index in [0.29, 0.717) is 32.5 Å². The van der Waals surface area contributed by atoms with Crippen LogP contribution in [0.5, 0.6) is 0 Å². The van der Waals surface area contributed by atoms with Crippen LogP contribution in [0.4, 0.5) is 14.5 Å². The molecule has 1 aromatic rings. The maximum absolute atomic E-state index is 13.5.